The molecule has 1 amide bonds. The van der Waals surface area contributed by atoms with E-state index < -0.39 is 0 Å². The molecule has 2 heterocycles. The first-order chi connectivity index (χ1) is 11.5. The SMILES string of the molecule is COCc1nc(C(=O)N2CCc3cc(C(C)C)ccc3C2)n(C)n1. The molecule has 0 aliphatic carbocycles. The highest BCUT2D eigenvalue weighted by atomic mass is 16.5. The quantitative estimate of drug-likeness (QED) is 0.864. The fourth-order valence-corrected chi connectivity index (χ4v) is 3.06. The van der Waals surface area contributed by atoms with Gasteiger partial charge in [-0.25, -0.2) is 9.67 Å². The number of methoxy groups -OCH3 is 1. The monoisotopic (exact) mass is 328 g/mol. The molecule has 1 aromatic carbocycles. The van der Waals surface area contributed by atoms with Crippen molar-refractivity contribution in [2.24, 2.45) is 7.05 Å². The summed E-state index contributed by atoms with van der Waals surface area (Å²) in [6, 6.07) is 6.59. The van der Waals surface area contributed by atoms with Crippen LogP contribution in [0.3, 0.4) is 0 Å². The van der Waals surface area contributed by atoms with Crippen molar-refractivity contribution in [1.29, 1.82) is 0 Å². The van der Waals surface area contributed by atoms with Crippen molar-refractivity contribution in [2.45, 2.75) is 39.3 Å². The Morgan fingerprint density at radius 2 is 2.12 bits per heavy atom. The van der Waals surface area contributed by atoms with Gasteiger partial charge in [0, 0.05) is 27.2 Å². The number of fused-ring (bicyclic) bond motifs is 1. The minimum absolute atomic E-state index is 0.0778. The van der Waals surface area contributed by atoms with E-state index in [4.69, 9.17) is 4.74 Å². The van der Waals surface area contributed by atoms with Crippen LogP contribution in [0.25, 0.3) is 0 Å². The molecule has 0 unspecified atom stereocenters. The number of hydrogen-bond acceptors (Lipinski definition) is 4. The summed E-state index contributed by atoms with van der Waals surface area (Å²) in [7, 11) is 3.33. The van der Waals surface area contributed by atoms with E-state index in [2.05, 4.69) is 42.1 Å². The Labute approximate surface area is 142 Å². The van der Waals surface area contributed by atoms with Gasteiger partial charge in [0.1, 0.15) is 6.61 Å². The van der Waals surface area contributed by atoms with Crippen molar-refractivity contribution in [3.05, 3.63) is 46.5 Å². The van der Waals surface area contributed by atoms with Gasteiger partial charge in [-0.1, -0.05) is 32.0 Å². The van der Waals surface area contributed by atoms with Gasteiger partial charge in [0.25, 0.3) is 5.91 Å². The third-order valence-electron chi connectivity index (χ3n) is 4.47. The van der Waals surface area contributed by atoms with Crippen LogP contribution in [0, 0.1) is 0 Å². The maximum Gasteiger partial charge on any atom is 0.291 e. The van der Waals surface area contributed by atoms with Gasteiger partial charge < -0.3 is 9.64 Å². The summed E-state index contributed by atoms with van der Waals surface area (Å²) in [6.07, 6.45) is 0.879. The molecule has 1 aliphatic rings. The molecule has 0 saturated heterocycles. The summed E-state index contributed by atoms with van der Waals surface area (Å²) >= 11 is 0. The van der Waals surface area contributed by atoms with Crippen molar-refractivity contribution >= 4 is 5.91 Å². The first-order valence-electron chi connectivity index (χ1n) is 8.29. The van der Waals surface area contributed by atoms with Gasteiger partial charge in [0.15, 0.2) is 5.82 Å². The van der Waals surface area contributed by atoms with Gasteiger partial charge in [-0.2, -0.15) is 5.10 Å². The molecule has 1 aliphatic heterocycles. The van der Waals surface area contributed by atoms with Crippen LogP contribution in [0.15, 0.2) is 18.2 Å². The van der Waals surface area contributed by atoms with Crippen molar-refractivity contribution < 1.29 is 9.53 Å². The second kappa shape index (κ2) is 6.73. The van der Waals surface area contributed by atoms with E-state index in [0.717, 1.165) is 6.42 Å². The maximum atomic E-state index is 12.8. The molecule has 0 spiro atoms. The van der Waals surface area contributed by atoms with Gasteiger partial charge in [-0.3, -0.25) is 4.79 Å². The third kappa shape index (κ3) is 3.19. The van der Waals surface area contributed by atoms with Crippen LogP contribution >= 0.6 is 0 Å². The predicted molar refractivity (Wildman–Crippen MR) is 90.7 cm³/mol. The lowest BCUT2D eigenvalue weighted by Crippen LogP contribution is -2.37. The van der Waals surface area contributed by atoms with Gasteiger partial charge in [0.2, 0.25) is 5.82 Å². The zero-order valence-electron chi connectivity index (χ0n) is 14.7. The summed E-state index contributed by atoms with van der Waals surface area (Å²) in [5, 5.41) is 4.22. The Morgan fingerprint density at radius 3 is 2.83 bits per heavy atom. The molecule has 0 bridgehead atoms. The maximum absolute atomic E-state index is 12.8. The van der Waals surface area contributed by atoms with Crippen LogP contribution in [0.1, 0.15) is 52.9 Å². The predicted octanol–water partition coefficient (Wildman–Crippen LogP) is 2.28. The highest BCUT2D eigenvalue weighted by Gasteiger charge is 2.26. The number of amides is 1. The van der Waals surface area contributed by atoms with E-state index in [1.54, 1.807) is 14.2 Å². The molecule has 0 N–H and O–H groups in total. The first-order valence-corrected chi connectivity index (χ1v) is 8.29. The van der Waals surface area contributed by atoms with Crippen molar-refractivity contribution in [1.82, 2.24) is 19.7 Å². The fraction of sp³-hybridized carbons (Fsp3) is 0.500. The number of benzene rings is 1. The van der Waals surface area contributed by atoms with Crippen molar-refractivity contribution in [3.63, 3.8) is 0 Å². The average Bonchev–Trinajstić information content (AvgIpc) is 2.94. The molecular formula is C18H24N4O2. The zero-order valence-corrected chi connectivity index (χ0v) is 14.7. The molecule has 0 radical (unpaired) electrons. The number of aromatic nitrogens is 3. The minimum Gasteiger partial charge on any atom is -0.377 e. The van der Waals surface area contributed by atoms with Crippen LogP contribution in [0.2, 0.25) is 0 Å². The number of rotatable bonds is 4. The van der Waals surface area contributed by atoms with Crippen LogP contribution in [-0.2, 0) is 31.4 Å². The van der Waals surface area contributed by atoms with E-state index in [9.17, 15) is 4.79 Å². The van der Waals surface area contributed by atoms with Crippen LogP contribution in [-0.4, -0.2) is 39.2 Å². The third-order valence-corrected chi connectivity index (χ3v) is 4.47. The smallest absolute Gasteiger partial charge is 0.291 e. The zero-order chi connectivity index (χ0) is 17.3. The Kier molecular flexibility index (Phi) is 4.66. The van der Waals surface area contributed by atoms with Gasteiger partial charge in [-0.05, 0) is 29.0 Å². The van der Waals surface area contributed by atoms with Gasteiger partial charge in [0.05, 0.1) is 0 Å². The molecule has 3 rings (SSSR count). The molecule has 0 fully saturated rings. The lowest BCUT2D eigenvalue weighted by atomic mass is 9.93. The molecule has 1 aromatic heterocycles. The number of hydrogen-bond donors (Lipinski definition) is 0. The molecule has 6 heteroatoms. The molecule has 0 atom stereocenters. The summed E-state index contributed by atoms with van der Waals surface area (Å²) in [4.78, 5) is 18.9. The van der Waals surface area contributed by atoms with E-state index >= 15 is 0 Å². The highest BCUT2D eigenvalue weighted by Crippen LogP contribution is 2.24. The molecule has 2 aromatic rings. The molecule has 24 heavy (non-hydrogen) atoms. The molecular weight excluding hydrogens is 304 g/mol. The second-order valence-corrected chi connectivity index (χ2v) is 6.57. The van der Waals surface area contributed by atoms with Gasteiger partial charge >= 0.3 is 0 Å². The fourth-order valence-electron chi connectivity index (χ4n) is 3.06. The largest absolute Gasteiger partial charge is 0.377 e. The van der Waals surface area contributed by atoms with E-state index in [-0.39, 0.29) is 5.91 Å². The molecule has 0 saturated carbocycles. The minimum atomic E-state index is -0.0778. The van der Waals surface area contributed by atoms with Crippen LogP contribution in [0.4, 0.5) is 0 Å². The summed E-state index contributed by atoms with van der Waals surface area (Å²) in [6.45, 7) is 6.04. The molecule has 128 valence electrons. The highest BCUT2D eigenvalue weighted by molar-refractivity contribution is 5.90. The number of carbonyl (C=O) groups is 1. The van der Waals surface area contributed by atoms with Gasteiger partial charge in [-0.15, -0.1) is 0 Å². The number of aryl methyl sites for hydroxylation is 1. The van der Waals surface area contributed by atoms with Crippen LogP contribution in [0.5, 0.6) is 0 Å². The standard InChI is InChI=1S/C18H24N4O2/c1-12(2)13-5-6-15-10-22(8-7-14(15)9-13)18(23)17-19-16(11-24-4)20-21(17)3/h5-6,9,12H,7-8,10-11H2,1-4H3. The van der Waals surface area contributed by atoms with E-state index in [0.29, 0.717) is 37.3 Å². The first kappa shape index (κ1) is 16.6. The Balaban J connectivity index is 1.78. The average molecular weight is 328 g/mol. The number of nitrogens with zero attached hydrogens (tertiary/aromatic N) is 4. The van der Waals surface area contributed by atoms with E-state index in [1.165, 1.54) is 21.4 Å². The lowest BCUT2D eigenvalue weighted by Gasteiger charge is -2.29. The summed E-state index contributed by atoms with van der Waals surface area (Å²) < 4.78 is 6.57. The van der Waals surface area contributed by atoms with Crippen LogP contribution < -0.4 is 0 Å². The topological polar surface area (TPSA) is 60.2 Å². The number of ether oxygens (including phenoxy) is 1. The Morgan fingerprint density at radius 1 is 1.33 bits per heavy atom. The Bertz CT molecular complexity index is 751. The Hall–Kier alpha value is -2.21. The van der Waals surface area contributed by atoms with E-state index in [1.807, 2.05) is 4.90 Å². The van der Waals surface area contributed by atoms with Crippen molar-refractivity contribution in [2.75, 3.05) is 13.7 Å². The second-order valence-electron chi connectivity index (χ2n) is 6.57. The summed E-state index contributed by atoms with van der Waals surface area (Å²) in [5.74, 6) is 1.34. The number of carbonyl (C=O) groups excluding carboxylic acids is 1. The van der Waals surface area contributed by atoms with Crippen molar-refractivity contribution in [3.8, 4) is 0 Å². The lowest BCUT2D eigenvalue weighted by molar-refractivity contribution is 0.0717. The summed E-state index contributed by atoms with van der Waals surface area (Å²) in [5.41, 5.74) is 3.92. The normalized spacial score (nSPS) is 14.1. The molecule has 6 nitrogen and oxygen atoms in total.